The number of fused-ring (bicyclic) bond motifs is 1. The molecule has 7 heteroatoms. The molecule has 2 radical (unpaired) electrons. The van der Waals surface area contributed by atoms with E-state index in [2.05, 4.69) is 15.4 Å². The van der Waals surface area contributed by atoms with E-state index < -0.39 is 11.4 Å². The molecule has 0 aliphatic rings. The summed E-state index contributed by atoms with van der Waals surface area (Å²) in [6, 6.07) is 12.7. The maximum atomic E-state index is 15.1. The molecule has 33 heavy (non-hydrogen) atoms. The third kappa shape index (κ3) is 4.04. The number of rotatable bonds is 4. The van der Waals surface area contributed by atoms with Crippen molar-refractivity contribution in [2.24, 2.45) is 0 Å². The van der Waals surface area contributed by atoms with Crippen molar-refractivity contribution in [1.82, 2.24) is 14.8 Å². The van der Waals surface area contributed by atoms with Crippen LogP contribution in [0.1, 0.15) is 37.6 Å². The van der Waals surface area contributed by atoms with E-state index in [1.54, 1.807) is 6.07 Å². The number of nitrogens with one attached hydrogen (secondary N) is 1. The third-order valence-corrected chi connectivity index (χ3v) is 5.92. The van der Waals surface area contributed by atoms with E-state index in [9.17, 15) is 4.79 Å². The van der Waals surface area contributed by atoms with E-state index in [-0.39, 0.29) is 17.1 Å². The summed E-state index contributed by atoms with van der Waals surface area (Å²) in [6.45, 7) is 7.93. The topological polar surface area (TPSA) is 59.8 Å². The van der Waals surface area contributed by atoms with Gasteiger partial charge in [0.05, 0.1) is 25.1 Å². The van der Waals surface area contributed by atoms with Gasteiger partial charge in [-0.25, -0.2) is 9.37 Å². The zero-order valence-corrected chi connectivity index (χ0v) is 19.5. The molecule has 4 aromatic rings. The molecule has 0 saturated carbocycles. The van der Waals surface area contributed by atoms with E-state index in [4.69, 9.17) is 7.85 Å². The normalized spacial score (nSPS) is 11.7. The highest BCUT2D eigenvalue weighted by Gasteiger charge is 2.20. The van der Waals surface area contributed by atoms with Crippen LogP contribution in [-0.2, 0) is 11.7 Å². The van der Waals surface area contributed by atoms with Crippen LogP contribution in [0.4, 0.5) is 10.2 Å². The van der Waals surface area contributed by atoms with Crippen LogP contribution in [0.2, 0.25) is 0 Å². The van der Waals surface area contributed by atoms with Gasteiger partial charge in [-0.15, -0.1) is 0 Å². The number of benzene rings is 2. The van der Waals surface area contributed by atoms with Gasteiger partial charge >= 0.3 is 0 Å². The Balaban J connectivity index is 1.94. The Morgan fingerprint density at radius 2 is 1.88 bits per heavy atom. The summed E-state index contributed by atoms with van der Waals surface area (Å²) < 4.78 is 16.3. The predicted molar refractivity (Wildman–Crippen MR) is 133 cm³/mol. The number of hydrogen-bond donors (Lipinski definition) is 1. The molecule has 0 unspecified atom stereocenters. The van der Waals surface area contributed by atoms with Gasteiger partial charge in [0.15, 0.2) is 0 Å². The number of aryl methyl sites for hydroxylation is 1. The first-order chi connectivity index (χ1) is 15.7. The molecular weight excluding hydrogens is 414 g/mol. The molecular formula is C26H26BFN4O. The van der Waals surface area contributed by atoms with Crippen LogP contribution >= 0.6 is 0 Å². The van der Waals surface area contributed by atoms with Crippen molar-refractivity contribution in [1.29, 1.82) is 0 Å². The van der Waals surface area contributed by atoms with Gasteiger partial charge in [0, 0.05) is 23.7 Å². The molecule has 1 N–H and O–H groups in total. The lowest BCUT2D eigenvalue weighted by Crippen LogP contribution is -2.24. The van der Waals surface area contributed by atoms with Gasteiger partial charge in [0.1, 0.15) is 11.6 Å². The lowest BCUT2D eigenvalue weighted by Gasteiger charge is -2.20. The number of halogens is 1. The van der Waals surface area contributed by atoms with E-state index in [1.807, 2.05) is 65.1 Å². The second kappa shape index (κ2) is 8.47. The summed E-state index contributed by atoms with van der Waals surface area (Å²) in [5.74, 6) is 0.214. The number of pyridine rings is 1. The first-order valence-electron chi connectivity index (χ1n) is 10.9. The molecule has 5 nitrogen and oxygen atoms in total. The number of anilines is 1. The highest BCUT2D eigenvalue weighted by Crippen LogP contribution is 2.31. The van der Waals surface area contributed by atoms with E-state index in [0.717, 1.165) is 33.8 Å². The molecule has 2 heterocycles. The van der Waals surface area contributed by atoms with Gasteiger partial charge in [-0.05, 0) is 59.4 Å². The van der Waals surface area contributed by atoms with Crippen LogP contribution in [0, 0.1) is 12.7 Å². The van der Waals surface area contributed by atoms with E-state index in [0.29, 0.717) is 11.1 Å². The monoisotopic (exact) mass is 440 g/mol. The minimum atomic E-state index is -0.549. The van der Waals surface area contributed by atoms with Crippen LogP contribution in [0.3, 0.4) is 0 Å². The Hall–Kier alpha value is -3.48. The summed E-state index contributed by atoms with van der Waals surface area (Å²) in [4.78, 5) is 17.9. The second-order valence-electron chi connectivity index (χ2n) is 9.12. The molecule has 0 fully saturated rings. The quantitative estimate of drug-likeness (QED) is 0.459. The van der Waals surface area contributed by atoms with Gasteiger partial charge in [0.25, 0.3) is 5.56 Å². The van der Waals surface area contributed by atoms with Crippen molar-refractivity contribution < 1.29 is 4.39 Å². The molecule has 4 rings (SSSR count). The fourth-order valence-corrected chi connectivity index (χ4v) is 4.06. The number of nitrogens with zero attached hydrogens (tertiary/aromatic N) is 3. The Morgan fingerprint density at radius 1 is 1.12 bits per heavy atom. The van der Waals surface area contributed by atoms with Crippen molar-refractivity contribution >= 4 is 24.4 Å². The number of hydrogen-bond acceptors (Lipinski definition) is 4. The van der Waals surface area contributed by atoms with E-state index in [1.165, 1.54) is 16.9 Å². The molecule has 0 aliphatic carbocycles. The summed E-state index contributed by atoms with van der Waals surface area (Å²) in [7, 11) is 7.96. The minimum absolute atomic E-state index is 0.0163. The van der Waals surface area contributed by atoms with Gasteiger partial charge < -0.3 is 5.32 Å². The average Bonchev–Trinajstić information content (AvgIpc) is 2.77. The van der Waals surface area contributed by atoms with Crippen LogP contribution in [0.25, 0.3) is 27.6 Å². The lowest BCUT2D eigenvalue weighted by molar-refractivity contribution is 0.576. The van der Waals surface area contributed by atoms with Gasteiger partial charge in [0.2, 0.25) is 0 Å². The summed E-state index contributed by atoms with van der Waals surface area (Å²) >= 11 is 0. The largest absolute Gasteiger partial charge is 0.373 e. The summed E-state index contributed by atoms with van der Waals surface area (Å²) in [6.07, 6.45) is 1.72. The Morgan fingerprint density at radius 3 is 2.52 bits per heavy atom. The fourth-order valence-electron chi connectivity index (χ4n) is 4.06. The van der Waals surface area contributed by atoms with Crippen LogP contribution in [-0.4, -0.2) is 29.7 Å². The molecule has 166 valence electrons. The highest BCUT2D eigenvalue weighted by molar-refractivity contribution is 6.09. The Bertz CT molecular complexity index is 1420. The zero-order chi connectivity index (χ0) is 23.9. The van der Waals surface area contributed by atoms with Crippen molar-refractivity contribution in [2.45, 2.75) is 39.4 Å². The van der Waals surface area contributed by atoms with Crippen LogP contribution < -0.4 is 10.9 Å². The molecule has 0 amide bonds. The predicted octanol–water partition coefficient (Wildman–Crippen LogP) is 4.90. The molecule has 2 aromatic heterocycles. The molecule has 0 aliphatic heterocycles. The fraction of sp³-hybridized carbons (Fsp3) is 0.269. The highest BCUT2D eigenvalue weighted by atomic mass is 19.1. The van der Waals surface area contributed by atoms with Gasteiger partial charge in [-0.2, -0.15) is 9.78 Å². The van der Waals surface area contributed by atoms with Gasteiger partial charge in [-0.3, -0.25) is 4.79 Å². The number of aromatic nitrogens is 3. The summed E-state index contributed by atoms with van der Waals surface area (Å²) in [5, 5.41) is 7.92. The minimum Gasteiger partial charge on any atom is -0.373 e. The molecule has 0 spiro atoms. The van der Waals surface area contributed by atoms with Crippen molar-refractivity contribution in [3.63, 3.8) is 0 Å². The van der Waals surface area contributed by atoms with Crippen molar-refractivity contribution in [2.75, 3.05) is 12.4 Å². The van der Waals surface area contributed by atoms with Crippen LogP contribution in [0.15, 0.2) is 53.5 Å². The molecule has 2 aromatic carbocycles. The maximum absolute atomic E-state index is 15.1. The van der Waals surface area contributed by atoms with Crippen molar-refractivity contribution in [3.8, 4) is 16.8 Å². The molecule has 0 saturated heterocycles. The van der Waals surface area contributed by atoms with Gasteiger partial charge in [-0.1, -0.05) is 39.2 Å². The van der Waals surface area contributed by atoms with Crippen LogP contribution in [0.5, 0.6) is 0 Å². The standard InChI is InChI=1S/C26H26BFN4O/c1-15-18(9-10-23(29-5)31-15)19-7-6-8-22(20(19)13-27)32-25(33)24-16(14-30-32)11-17(12-21(24)28)26(2,3)4/h6-12,14H,13H2,1-5H3,(H,29,31). The lowest BCUT2D eigenvalue weighted by atomic mass is 9.86. The Kier molecular flexibility index (Phi) is 5.83. The zero-order valence-electron chi connectivity index (χ0n) is 19.5. The first-order valence-corrected chi connectivity index (χ1v) is 10.9. The Labute approximate surface area is 194 Å². The second-order valence-corrected chi connectivity index (χ2v) is 9.12. The molecule has 0 bridgehead atoms. The first kappa shape index (κ1) is 22.7. The summed E-state index contributed by atoms with van der Waals surface area (Å²) in [5.41, 5.74) is 3.90. The maximum Gasteiger partial charge on any atom is 0.282 e. The average molecular weight is 440 g/mol. The van der Waals surface area contributed by atoms with Crippen molar-refractivity contribution in [3.05, 3.63) is 81.7 Å². The van der Waals surface area contributed by atoms with E-state index >= 15 is 4.39 Å². The molecule has 0 atom stereocenters. The SMILES string of the molecule is [B]Cc1c(-c2ccc(NC)nc2C)cccc1-n1ncc2cc(C(C)(C)C)cc(F)c2c1=O. The smallest absolute Gasteiger partial charge is 0.282 e. The third-order valence-electron chi connectivity index (χ3n) is 5.92.